The Morgan fingerprint density at radius 3 is 2.45 bits per heavy atom. The maximum atomic E-state index is 12.1. The highest BCUT2D eigenvalue weighted by atomic mass is 32.1. The monoisotopic (exact) mass is 298 g/mol. The lowest BCUT2D eigenvalue weighted by molar-refractivity contribution is -0.136. The lowest BCUT2D eigenvalue weighted by Gasteiger charge is -2.23. The predicted molar refractivity (Wildman–Crippen MR) is 79.9 cm³/mol. The number of likely N-dealkylation sites (N-methyl/N-ethyl adjacent to an activating group) is 1. The van der Waals surface area contributed by atoms with E-state index in [0.29, 0.717) is 19.6 Å². The Morgan fingerprint density at radius 1 is 1.30 bits per heavy atom. The molecule has 0 aliphatic heterocycles. The van der Waals surface area contributed by atoms with Crippen LogP contribution in [0.4, 0.5) is 0 Å². The fourth-order valence-electron chi connectivity index (χ4n) is 1.91. The first-order valence-corrected chi connectivity index (χ1v) is 7.61. The Bertz CT molecular complexity index is 455. The Balaban J connectivity index is 2.48. The van der Waals surface area contributed by atoms with Gasteiger partial charge < -0.3 is 15.3 Å². The molecule has 1 unspecified atom stereocenters. The van der Waals surface area contributed by atoms with E-state index in [0.717, 1.165) is 9.75 Å². The van der Waals surface area contributed by atoms with Crippen molar-refractivity contribution in [2.45, 2.75) is 39.8 Å². The molecule has 0 spiro atoms. The molecule has 0 aromatic carbocycles. The van der Waals surface area contributed by atoms with Crippen molar-refractivity contribution in [2.24, 2.45) is 0 Å². The third-order valence-electron chi connectivity index (χ3n) is 3.07. The van der Waals surface area contributed by atoms with Crippen LogP contribution in [0, 0.1) is 0 Å². The van der Waals surface area contributed by atoms with Crippen LogP contribution in [-0.2, 0) is 22.6 Å². The van der Waals surface area contributed by atoms with Gasteiger partial charge in [-0.3, -0.25) is 9.59 Å². The van der Waals surface area contributed by atoms with Crippen LogP contribution in [0.2, 0.25) is 0 Å². The molecule has 0 aliphatic rings. The number of hydrogen-bond acceptors (Lipinski definition) is 4. The Morgan fingerprint density at radius 2 is 1.90 bits per heavy atom. The zero-order valence-electron chi connectivity index (χ0n) is 12.2. The Labute approximate surface area is 123 Å². The number of thiophene rings is 1. The number of carbonyl (C=O) groups is 2. The van der Waals surface area contributed by atoms with Crippen molar-refractivity contribution in [3.05, 3.63) is 21.9 Å². The number of carboxylic acids is 1. The standard InChI is InChI=1S/C14H22N2O3S/c1-4-16(5-2)14(19)10(3)15-9-12-7-6-11(20-12)8-13(17)18/h6-7,10,15H,4-5,8-9H2,1-3H3,(H,17,18). The lowest BCUT2D eigenvalue weighted by Crippen LogP contribution is -2.44. The van der Waals surface area contributed by atoms with E-state index in [1.54, 1.807) is 4.90 Å². The van der Waals surface area contributed by atoms with Crippen molar-refractivity contribution in [3.8, 4) is 0 Å². The van der Waals surface area contributed by atoms with Gasteiger partial charge in [-0.2, -0.15) is 0 Å². The number of nitrogens with one attached hydrogen (secondary N) is 1. The summed E-state index contributed by atoms with van der Waals surface area (Å²) in [4.78, 5) is 26.3. The van der Waals surface area contributed by atoms with Gasteiger partial charge >= 0.3 is 5.97 Å². The second-order valence-corrected chi connectivity index (χ2v) is 5.80. The fraction of sp³-hybridized carbons (Fsp3) is 0.571. The molecule has 0 fully saturated rings. The molecule has 0 aliphatic carbocycles. The zero-order chi connectivity index (χ0) is 15.1. The summed E-state index contributed by atoms with van der Waals surface area (Å²) in [6.45, 7) is 7.79. The molecule has 0 bridgehead atoms. The molecule has 1 aromatic heterocycles. The summed E-state index contributed by atoms with van der Waals surface area (Å²) in [5, 5.41) is 11.9. The molecule has 0 radical (unpaired) electrons. The highest BCUT2D eigenvalue weighted by Gasteiger charge is 2.17. The lowest BCUT2D eigenvalue weighted by atomic mass is 10.2. The molecule has 2 N–H and O–H groups in total. The van der Waals surface area contributed by atoms with Gasteiger partial charge in [0.2, 0.25) is 5.91 Å². The molecule has 0 saturated heterocycles. The van der Waals surface area contributed by atoms with Gasteiger partial charge in [0.05, 0.1) is 12.5 Å². The third-order valence-corrected chi connectivity index (χ3v) is 4.16. The summed E-state index contributed by atoms with van der Waals surface area (Å²) in [5.74, 6) is -0.728. The number of amides is 1. The van der Waals surface area contributed by atoms with Crippen LogP contribution in [0.5, 0.6) is 0 Å². The third kappa shape index (κ3) is 4.94. The van der Waals surface area contributed by atoms with Crippen molar-refractivity contribution in [1.29, 1.82) is 0 Å². The maximum Gasteiger partial charge on any atom is 0.308 e. The molecule has 1 amide bonds. The van der Waals surface area contributed by atoms with Crippen molar-refractivity contribution in [1.82, 2.24) is 10.2 Å². The summed E-state index contributed by atoms with van der Waals surface area (Å²) in [7, 11) is 0. The van der Waals surface area contributed by atoms with Crippen molar-refractivity contribution >= 4 is 23.2 Å². The van der Waals surface area contributed by atoms with Gasteiger partial charge in [0.1, 0.15) is 0 Å². The summed E-state index contributed by atoms with van der Waals surface area (Å²) in [5.41, 5.74) is 0. The summed E-state index contributed by atoms with van der Waals surface area (Å²) in [6.07, 6.45) is 0.0542. The van der Waals surface area contributed by atoms with E-state index < -0.39 is 5.97 Å². The largest absolute Gasteiger partial charge is 0.481 e. The van der Waals surface area contributed by atoms with Crippen LogP contribution in [0.25, 0.3) is 0 Å². The fourth-order valence-corrected chi connectivity index (χ4v) is 2.87. The molecule has 20 heavy (non-hydrogen) atoms. The van der Waals surface area contributed by atoms with E-state index in [1.165, 1.54) is 11.3 Å². The highest BCUT2D eigenvalue weighted by Crippen LogP contribution is 2.17. The maximum absolute atomic E-state index is 12.1. The Kier molecular flexibility index (Phi) is 6.67. The zero-order valence-corrected chi connectivity index (χ0v) is 13.0. The molecule has 1 heterocycles. The number of rotatable bonds is 8. The van der Waals surface area contributed by atoms with E-state index in [1.807, 2.05) is 32.9 Å². The smallest absolute Gasteiger partial charge is 0.308 e. The van der Waals surface area contributed by atoms with Gasteiger partial charge in [0.25, 0.3) is 0 Å². The first-order valence-electron chi connectivity index (χ1n) is 6.79. The first kappa shape index (κ1) is 16.7. The minimum Gasteiger partial charge on any atom is -0.481 e. The van der Waals surface area contributed by atoms with Crippen LogP contribution in [-0.4, -0.2) is 41.0 Å². The molecule has 5 nitrogen and oxygen atoms in total. The summed E-state index contributed by atoms with van der Waals surface area (Å²) < 4.78 is 0. The molecule has 1 atom stereocenters. The molecule has 112 valence electrons. The van der Waals surface area contributed by atoms with E-state index in [4.69, 9.17) is 5.11 Å². The van der Waals surface area contributed by atoms with Crippen LogP contribution in [0.1, 0.15) is 30.5 Å². The van der Waals surface area contributed by atoms with Gasteiger partial charge in [-0.25, -0.2) is 0 Å². The number of carbonyl (C=O) groups excluding carboxylic acids is 1. The van der Waals surface area contributed by atoms with Crippen LogP contribution >= 0.6 is 11.3 Å². The van der Waals surface area contributed by atoms with Crippen molar-refractivity contribution in [2.75, 3.05) is 13.1 Å². The van der Waals surface area contributed by atoms with Gasteiger partial charge in [0, 0.05) is 29.4 Å². The molecular formula is C14H22N2O3S. The van der Waals surface area contributed by atoms with E-state index in [-0.39, 0.29) is 18.4 Å². The highest BCUT2D eigenvalue weighted by molar-refractivity contribution is 7.12. The van der Waals surface area contributed by atoms with Gasteiger partial charge in [-0.05, 0) is 32.9 Å². The van der Waals surface area contributed by atoms with Crippen molar-refractivity contribution in [3.63, 3.8) is 0 Å². The van der Waals surface area contributed by atoms with Crippen molar-refractivity contribution < 1.29 is 14.7 Å². The number of hydrogen-bond donors (Lipinski definition) is 2. The molecule has 1 aromatic rings. The molecule has 1 rings (SSSR count). The van der Waals surface area contributed by atoms with Crippen LogP contribution < -0.4 is 5.32 Å². The SMILES string of the molecule is CCN(CC)C(=O)C(C)NCc1ccc(CC(=O)O)s1. The molecule has 0 saturated carbocycles. The molecular weight excluding hydrogens is 276 g/mol. The minimum absolute atomic E-state index is 0.0542. The summed E-state index contributed by atoms with van der Waals surface area (Å²) >= 11 is 1.47. The van der Waals surface area contributed by atoms with Crippen LogP contribution in [0.15, 0.2) is 12.1 Å². The van der Waals surface area contributed by atoms with Crippen LogP contribution in [0.3, 0.4) is 0 Å². The van der Waals surface area contributed by atoms with Gasteiger partial charge in [-0.1, -0.05) is 0 Å². The predicted octanol–water partition coefficient (Wildman–Crippen LogP) is 1.72. The quantitative estimate of drug-likeness (QED) is 0.767. The number of carboxylic acid groups (broad SMARTS) is 1. The number of aliphatic carboxylic acids is 1. The topological polar surface area (TPSA) is 69.6 Å². The van der Waals surface area contributed by atoms with Gasteiger partial charge in [0.15, 0.2) is 0 Å². The minimum atomic E-state index is -0.823. The average Bonchev–Trinajstić information content (AvgIpc) is 2.84. The van der Waals surface area contributed by atoms with E-state index in [9.17, 15) is 9.59 Å². The molecule has 6 heteroatoms. The average molecular weight is 298 g/mol. The normalized spacial score (nSPS) is 12.2. The summed E-state index contributed by atoms with van der Waals surface area (Å²) in [6, 6.07) is 3.50. The van der Waals surface area contributed by atoms with Gasteiger partial charge in [-0.15, -0.1) is 11.3 Å². The van der Waals surface area contributed by atoms with E-state index >= 15 is 0 Å². The second-order valence-electron chi connectivity index (χ2n) is 4.55. The second kappa shape index (κ2) is 8.01. The Hall–Kier alpha value is -1.40. The number of nitrogens with zero attached hydrogens (tertiary/aromatic N) is 1. The van der Waals surface area contributed by atoms with E-state index in [2.05, 4.69) is 5.32 Å². The first-order chi connectivity index (χ1) is 9.47.